The van der Waals surface area contributed by atoms with Crippen LogP contribution in [0.2, 0.25) is 0 Å². The molecule has 1 unspecified atom stereocenters. The summed E-state index contributed by atoms with van der Waals surface area (Å²) in [5, 5.41) is 6.46. The first kappa shape index (κ1) is 16.5. The average molecular weight is 268 g/mol. The molecule has 3 heteroatoms. The van der Waals surface area contributed by atoms with Crippen molar-refractivity contribution in [3.8, 4) is 0 Å². The van der Waals surface area contributed by atoms with Gasteiger partial charge in [0.25, 0.3) is 0 Å². The van der Waals surface area contributed by atoms with Gasteiger partial charge in [-0.2, -0.15) is 0 Å². The summed E-state index contributed by atoms with van der Waals surface area (Å²) in [5.74, 6) is 1.66. The fraction of sp³-hybridized carbons (Fsp3) is 0.938. The number of amides is 1. The van der Waals surface area contributed by atoms with E-state index in [0.29, 0.717) is 12.5 Å². The molecule has 1 rings (SSSR count). The van der Waals surface area contributed by atoms with Crippen molar-refractivity contribution in [1.29, 1.82) is 0 Å². The lowest BCUT2D eigenvalue weighted by atomic mass is 9.83. The molecule has 0 radical (unpaired) electrons. The molecule has 0 heterocycles. The number of rotatable bonds is 8. The Morgan fingerprint density at radius 2 is 1.84 bits per heavy atom. The van der Waals surface area contributed by atoms with Crippen molar-refractivity contribution in [1.82, 2.24) is 10.6 Å². The lowest BCUT2D eigenvalue weighted by molar-refractivity contribution is -0.121. The van der Waals surface area contributed by atoms with Crippen LogP contribution in [-0.4, -0.2) is 25.0 Å². The van der Waals surface area contributed by atoms with Crippen LogP contribution in [0.3, 0.4) is 0 Å². The summed E-state index contributed by atoms with van der Waals surface area (Å²) in [6.07, 6.45) is 4.88. The van der Waals surface area contributed by atoms with Gasteiger partial charge in [0, 0.05) is 6.04 Å². The minimum absolute atomic E-state index is 0.126. The quantitative estimate of drug-likeness (QED) is 0.710. The first-order chi connectivity index (χ1) is 8.79. The highest BCUT2D eigenvalue weighted by molar-refractivity contribution is 5.78. The number of carbonyl (C=O) groups is 1. The molecule has 0 spiro atoms. The smallest absolute Gasteiger partial charge is 0.234 e. The fourth-order valence-electron chi connectivity index (χ4n) is 2.18. The van der Waals surface area contributed by atoms with E-state index in [1.807, 2.05) is 0 Å². The first-order valence-electron chi connectivity index (χ1n) is 7.79. The molecule has 0 saturated heterocycles. The molecule has 0 aromatic carbocycles. The number of carbonyl (C=O) groups excluding carboxylic acids is 1. The summed E-state index contributed by atoms with van der Waals surface area (Å²) in [5.41, 5.74) is 0.126. The van der Waals surface area contributed by atoms with Crippen LogP contribution in [0.1, 0.15) is 60.3 Å². The van der Waals surface area contributed by atoms with Gasteiger partial charge in [-0.25, -0.2) is 0 Å². The van der Waals surface area contributed by atoms with Crippen molar-refractivity contribution in [2.24, 2.45) is 17.3 Å². The van der Waals surface area contributed by atoms with Crippen LogP contribution >= 0.6 is 0 Å². The number of hydrogen-bond acceptors (Lipinski definition) is 2. The van der Waals surface area contributed by atoms with Gasteiger partial charge >= 0.3 is 0 Å². The largest absolute Gasteiger partial charge is 0.352 e. The van der Waals surface area contributed by atoms with E-state index in [0.717, 1.165) is 25.3 Å². The van der Waals surface area contributed by atoms with E-state index in [2.05, 4.69) is 45.3 Å². The Morgan fingerprint density at radius 1 is 1.21 bits per heavy atom. The molecule has 1 saturated carbocycles. The minimum atomic E-state index is 0.126. The van der Waals surface area contributed by atoms with Crippen LogP contribution < -0.4 is 10.6 Å². The van der Waals surface area contributed by atoms with Gasteiger partial charge in [-0.1, -0.05) is 34.6 Å². The van der Waals surface area contributed by atoms with E-state index in [4.69, 9.17) is 0 Å². The van der Waals surface area contributed by atoms with Crippen LogP contribution in [0.25, 0.3) is 0 Å². The number of hydrogen-bond donors (Lipinski definition) is 2. The molecule has 3 nitrogen and oxygen atoms in total. The van der Waals surface area contributed by atoms with Crippen molar-refractivity contribution < 1.29 is 4.79 Å². The van der Waals surface area contributed by atoms with Gasteiger partial charge in [0.05, 0.1) is 6.54 Å². The van der Waals surface area contributed by atoms with Crippen molar-refractivity contribution in [3.05, 3.63) is 0 Å². The molecular weight excluding hydrogens is 236 g/mol. The third-order valence-electron chi connectivity index (χ3n) is 3.83. The topological polar surface area (TPSA) is 41.1 Å². The molecule has 0 aliphatic heterocycles. The maximum absolute atomic E-state index is 12.0. The molecule has 1 atom stereocenters. The van der Waals surface area contributed by atoms with Crippen molar-refractivity contribution in [2.45, 2.75) is 66.3 Å². The zero-order valence-corrected chi connectivity index (χ0v) is 13.4. The minimum Gasteiger partial charge on any atom is -0.352 e. The highest BCUT2D eigenvalue weighted by Crippen LogP contribution is 2.27. The Bertz CT molecular complexity index is 277. The second kappa shape index (κ2) is 7.28. The Hall–Kier alpha value is -0.570. The van der Waals surface area contributed by atoms with E-state index < -0.39 is 0 Å². The maximum atomic E-state index is 12.0. The lowest BCUT2D eigenvalue weighted by Crippen LogP contribution is -2.47. The zero-order chi connectivity index (χ0) is 14.5. The second-order valence-corrected chi connectivity index (χ2v) is 7.53. The summed E-state index contributed by atoms with van der Waals surface area (Å²) in [6, 6.07) is 0.269. The summed E-state index contributed by atoms with van der Waals surface area (Å²) >= 11 is 0. The van der Waals surface area contributed by atoms with Crippen LogP contribution in [0.15, 0.2) is 0 Å². The summed E-state index contributed by atoms with van der Waals surface area (Å²) < 4.78 is 0. The molecule has 2 N–H and O–H groups in total. The van der Waals surface area contributed by atoms with Gasteiger partial charge in [0.1, 0.15) is 0 Å². The predicted octanol–water partition coefficient (Wildman–Crippen LogP) is 2.95. The lowest BCUT2D eigenvalue weighted by Gasteiger charge is -2.32. The molecule has 112 valence electrons. The predicted molar refractivity (Wildman–Crippen MR) is 81.1 cm³/mol. The first-order valence-corrected chi connectivity index (χ1v) is 7.79. The standard InChI is InChI=1S/C16H32N2O/c1-12(2)6-9-14(16(3,4)5)18-15(19)11-17-10-13-7-8-13/h12-14,17H,6-11H2,1-5H3,(H,18,19). The fourth-order valence-corrected chi connectivity index (χ4v) is 2.18. The van der Waals surface area contributed by atoms with Crippen LogP contribution in [-0.2, 0) is 4.79 Å². The maximum Gasteiger partial charge on any atom is 0.234 e. The third kappa shape index (κ3) is 7.56. The Kier molecular flexibility index (Phi) is 6.31. The molecule has 1 aliphatic rings. The molecule has 0 bridgehead atoms. The molecule has 19 heavy (non-hydrogen) atoms. The Morgan fingerprint density at radius 3 is 2.32 bits per heavy atom. The van der Waals surface area contributed by atoms with Crippen LogP contribution in [0.5, 0.6) is 0 Å². The SMILES string of the molecule is CC(C)CCC(NC(=O)CNCC1CC1)C(C)(C)C. The van der Waals surface area contributed by atoms with Gasteiger partial charge in [0.2, 0.25) is 5.91 Å². The van der Waals surface area contributed by atoms with Gasteiger partial charge in [0.15, 0.2) is 0 Å². The van der Waals surface area contributed by atoms with Gasteiger partial charge < -0.3 is 10.6 Å². The highest BCUT2D eigenvalue weighted by Gasteiger charge is 2.26. The zero-order valence-electron chi connectivity index (χ0n) is 13.4. The highest BCUT2D eigenvalue weighted by atomic mass is 16.2. The average Bonchev–Trinajstić information content (AvgIpc) is 3.06. The van der Waals surface area contributed by atoms with Gasteiger partial charge in [-0.3, -0.25) is 4.79 Å². The number of nitrogens with one attached hydrogen (secondary N) is 2. The normalized spacial score (nSPS) is 17.6. The van der Waals surface area contributed by atoms with Crippen LogP contribution in [0, 0.1) is 17.3 Å². The summed E-state index contributed by atoms with van der Waals surface area (Å²) in [6.45, 7) is 12.5. The van der Waals surface area contributed by atoms with E-state index >= 15 is 0 Å². The van der Waals surface area contributed by atoms with E-state index in [9.17, 15) is 4.79 Å². The van der Waals surface area contributed by atoms with Crippen molar-refractivity contribution in [3.63, 3.8) is 0 Å². The summed E-state index contributed by atoms with van der Waals surface area (Å²) in [4.78, 5) is 12.0. The Labute approximate surface area is 118 Å². The molecule has 0 aromatic heterocycles. The summed E-state index contributed by atoms with van der Waals surface area (Å²) in [7, 11) is 0. The molecule has 1 aliphatic carbocycles. The van der Waals surface area contributed by atoms with E-state index in [-0.39, 0.29) is 17.4 Å². The van der Waals surface area contributed by atoms with E-state index in [1.165, 1.54) is 12.8 Å². The second-order valence-electron chi connectivity index (χ2n) is 7.53. The third-order valence-corrected chi connectivity index (χ3v) is 3.83. The molecular formula is C16H32N2O. The van der Waals surface area contributed by atoms with Crippen LogP contribution in [0.4, 0.5) is 0 Å². The van der Waals surface area contributed by atoms with Gasteiger partial charge in [-0.05, 0) is 49.5 Å². The Balaban J connectivity index is 2.30. The van der Waals surface area contributed by atoms with Crippen molar-refractivity contribution >= 4 is 5.91 Å². The monoisotopic (exact) mass is 268 g/mol. The van der Waals surface area contributed by atoms with E-state index in [1.54, 1.807) is 0 Å². The molecule has 1 amide bonds. The van der Waals surface area contributed by atoms with Gasteiger partial charge in [-0.15, -0.1) is 0 Å². The molecule has 1 fully saturated rings. The molecule has 0 aromatic rings. The van der Waals surface area contributed by atoms with Crippen molar-refractivity contribution in [2.75, 3.05) is 13.1 Å².